The Hall–Kier alpha value is -2.59. The minimum Gasteiger partial charge on any atom is -0.497 e. The molecule has 9 heteroatoms. The van der Waals surface area contributed by atoms with Crippen LogP contribution in [-0.2, 0) is 22.0 Å². The van der Waals surface area contributed by atoms with E-state index in [0.717, 1.165) is 40.2 Å². The van der Waals surface area contributed by atoms with Gasteiger partial charge in [-0.1, -0.05) is 18.2 Å². The van der Waals surface area contributed by atoms with Crippen molar-refractivity contribution in [1.29, 1.82) is 0 Å². The van der Waals surface area contributed by atoms with E-state index in [1.807, 2.05) is 30.3 Å². The number of piperidine rings is 1. The van der Waals surface area contributed by atoms with Crippen molar-refractivity contribution in [2.45, 2.75) is 30.8 Å². The van der Waals surface area contributed by atoms with Gasteiger partial charge in [-0.3, -0.25) is 4.90 Å². The van der Waals surface area contributed by atoms with Crippen molar-refractivity contribution in [3.63, 3.8) is 0 Å². The lowest BCUT2D eigenvalue weighted by molar-refractivity contribution is 0.0531. The molecule has 0 unspecified atom stereocenters. The fourth-order valence-electron chi connectivity index (χ4n) is 5.99. The molecule has 0 aliphatic carbocycles. The van der Waals surface area contributed by atoms with E-state index in [1.165, 1.54) is 11.8 Å². The van der Waals surface area contributed by atoms with Gasteiger partial charge in [0.25, 0.3) is 0 Å². The van der Waals surface area contributed by atoms with Gasteiger partial charge < -0.3 is 19.6 Å². The Balaban J connectivity index is 1.62. The van der Waals surface area contributed by atoms with Crippen LogP contribution < -0.4 is 9.47 Å². The minimum absolute atomic E-state index is 0.0301. The number of aromatic amines is 1. The van der Waals surface area contributed by atoms with Gasteiger partial charge in [0, 0.05) is 59.8 Å². The molecule has 0 radical (unpaired) electrons. The summed E-state index contributed by atoms with van der Waals surface area (Å²) in [6, 6.07) is 13.8. The molecular formula is C26H33N3O5S. The topological polar surface area (TPSA) is 95.1 Å². The van der Waals surface area contributed by atoms with Crippen LogP contribution in [0.3, 0.4) is 0 Å². The lowest BCUT2D eigenvalue weighted by Gasteiger charge is -2.50. The lowest BCUT2D eigenvalue weighted by Crippen LogP contribution is -2.54. The molecule has 2 aliphatic rings. The molecule has 1 spiro atoms. The van der Waals surface area contributed by atoms with E-state index < -0.39 is 10.0 Å². The predicted molar refractivity (Wildman–Crippen MR) is 135 cm³/mol. The number of benzene rings is 2. The maximum absolute atomic E-state index is 12.3. The van der Waals surface area contributed by atoms with Crippen LogP contribution in [0.15, 0.2) is 42.5 Å². The highest BCUT2D eigenvalue weighted by molar-refractivity contribution is 7.88. The lowest BCUT2D eigenvalue weighted by atomic mass is 9.68. The van der Waals surface area contributed by atoms with Gasteiger partial charge in [-0.25, -0.2) is 12.7 Å². The highest BCUT2D eigenvalue weighted by Crippen LogP contribution is 2.49. The van der Waals surface area contributed by atoms with Gasteiger partial charge in [-0.05, 0) is 36.6 Å². The van der Waals surface area contributed by atoms with Crippen LogP contribution in [0.4, 0.5) is 0 Å². The quantitative estimate of drug-likeness (QED) is 0.542. The third-order valence-corrected chi connectivity index (χ3v) is 9.04. The molecule has 188 valence electrons. The highest BCUT2D eigenvalue weighted by atomic mass is 32.2. The second kappa shape index (κ2) is 9.13. The molecule has 8 nitrogen and oxygen atoms in total. The number of aliphatic hydroxyl groups excluding tert-OH is 1. The van der Waals surface area contributed by atoms with Gasteiger partial charge in [0.2, 0.25) is 10.0 Å². The monoisotopic (exact) mass is 499 g/mol. The number of aliphatic hydroxyl groups is 1. The summed E-state index contributed by atoms with van der Waals surface area (Å²) in [6.45, 7) is 2.27. The van der Waals surface area contributed by atoms with Gasteiger partial charge in [0.15, 0.2) is 0 Å². The summed E-state index contributed by atoms with van der Waals surface area (Å²) < 4.78 is 37.2. The fourth-order valence-corrected chi connectivity index (χ4v) is 6.83. The van der Waals surface area contributed by atoms with Gasteiger partial charge in [0.05, 0.1) is 33.1 Å². The van der Waals surface area contributed by atoms with E-state index in [4.69, 9.17) is 9.47 Å². The fraction of sp³-hybridized carbons (Fsp3) is 0.462. The van der Waals surface area contributed by atoms with Crippen molar-refractivity contribution in [1.82, 2.24) is 14.2 Å². The van der Waals surface area contributed by atoms with E-state index in [-0.39, 0.29) is 18.1 Å². The Morgan fingerprint density at radius 1 is 1.11 bits per heavy atom. The number of H-pyrrole nitrogens is 1. The number of hydrogen-bond acceptors (Lipinski definition) is 6. The zero-order chi connectivity index (χ0) is 24.8. The number of sulfonamides is 1. The first-order chi connectivity index (χ1) is 16.8. The minimum atomic E-state index is -3.24. The molecule has 0 amide bonds. The standard InChI is InChI=1S/C26H33N3O5S/c1-33-19-8-9-20-21(14-19)27-25-22(16-30)28(15-18-6-4-5-7-23(18)34-2)17-26(24(20)25)10-12-29(13-11-26)35(3,31)32/h4-9,14,22,27,30H,10-13,15-17H2,1-3H3/t22-/m1/s1. The maximum Gasteiger partial charge on any atom is 0.211 e. The largest absolute Gasteiger partial charge is 0.497 e. The van der Waals surface area contributed by atoms with Crippen LogP contribution in [0.2, 0.25) is 0 Å². The highest BCUT2D eigenvalue weighted by Gasteiger charge is 2.48. The second-order valence-electron chi connectivity index (χ2n) is 9.68. The van der Waals surface area contributed by atoms with Crippen molar-refractivity contribution in [3.05, 3.63) is 59.3 Å². The first-order valence-electron chi connectivity index (χ1n) is 11.9. The van der Waals surface area contributed by atoms with E-state index in [2.05, 4.69) is 22.0 Å². The smallest absolute Gasteiger partial charge is 0.211 e. The van der Waals surface area contributed by atoms with Crippen molar-refractivity contribution >= 4 is 20.9 Å². The Kier molecular flexibility index (Phi) is 6.29. The molecule has 2 N–H and O–H groups in total. The van der Waals surface area contributed by atoms with Gasteiger partial charge in [0.1, 0.15) is 11.5 Å². The van der Waals surface area contributed by atoms with Gasteiger partial charge in [-0.15, -0.1) is 0 Å². The second-order valence-corrected chi connectivity index (χ2v) is 11.7. The molecule has 3 heterocycles. The van der Waals surface area contributed by atoms with Crippen LogP contribution >= 0.6 is 0 Å². The van der Waals surface area contributed by atoms with Gasteiger partial charge in [-0.2, -0.15) is 0 Å². The number of nitrogens with one attached hydrogen (secondary N) is 1. The van der Waals surface area contributed by atoms with Crippen LogP contribution in [0.5, 0.6) is 11.5 Å². The molecule has 35 heavy (non-hydrogen) atoms. The van der Waals surface area contributed by atoms with Crippen molar-refractivity contribution in [3.8, 4) is 11.5 Å². The summed E-state index contributed by atoms with van der Waals surface area (Å²) in [5.74, 6) is 1.58. The summed E-state index contributed by atoms with van der Waals surface area (Å²) in [5.41, 5.74) is 4.00. The first-order valence-corrected chi connectivity index (χ1v) is 13.8. The van der Waals surface area contributed by atoms with Crippen molar-refractivity contribution in [2.75, 3.05) is 46.7 Å². The van der Waals surface area contributed by atoms with E-state index in [1.54, 1.807) is 18.5 Å². The summed E-state index contributed by atoms with van der Waals surface area (Å²) in [5, 5.41) is 11.7. The summed E-state index contributed by atoms with van der Waals surface area (Å²) >= 11 is 0. The molecule has 1 fully saturated rings. The van der Waals surface area contributed by atoms with Crippen LogP contribution in [0.1, 0.15) is 35.7 Å². The Labute approximate surface area is 206 Å². The summed E-state index contributed by atoms with van der Waals surface area (Å²) in [7, 11) is 0.0771. The van der Waals surface area contributed by atoms with Crippen molar-refractivity contribution < 1.29 is 23.0 Å². The number of methoxy groups -OCH3 is 2. The van der Waals surface area contributed by atoms with Crippen LogP contribution in [-0.4, -0.2) is 74.4 Å². The average molecular weight is 500 g/mol. The third kappa shape index (κ3) is 4.20. The normalized spacial score (nSPS) is 20.7. The molecule has 1 atom stereocenters. The van der Waals surface area contributed by atoms with Crippen LogP contribution in [0, 0.1) is 0 Å². The number of hydrogen-bond donors (Lipinski definition) is 2. The summed E-state index contributed by atoms with van der Waals surface area (Å²) in [6.07, 6.45) is 2.71. The zero-order valence-electron chi connectivity index (χ0n) is 20.5. The molecule has 2 aliphatic heterocycles. The number of rotatable bonds is 6. The summed E-state index contributed by atoms with van der Waals surface area (Å²) in [4.78, 5) is 5.91. The Morgan fingerprint density at radius 2 is 1.86 bits per heavy atom. The Bertz CT molecular complexity index is 1330. The van der Waals surface area contributed by atoms with Crippen molar-refractivity contribution in [2.24, 2.45) is 0 Å². The SMILES string of the molecule is COc1ccc2c3c([nH]c2c1)[C@@H](CO)N(Cc1ccccc1OC)CC31CCN(S(C)(=O)=O)CC1. The number of fused-ring (bicyclic) bond motifs is 4. The number of nitrogens with zero attached hydrogens (tertiary/aromatic N) is 2. The van der Waals surface area contributed by atoms with E-state index in [0.29, 0.717) is 32.5 Å². The van der Waals surface area contributed by atoms with Gasteiger partial charge >= 0.3 is 0 Å². The van der Waals surface area contributed by atoms with E-state index in [9.17, 15) is 13.5 Å². The molecule has 0 bridgehead atoms. The predicted octanol–water partition coefficient (Wildman–Crippen LogP) is 3.03. The number of aromatic nitrogens is 1. The van der Waals surface area contributed by atoms with Crippen LogP contribution in [0.25, 0.3) is 10.9 Å². The Morgan fingerprint density at radius 3 is 2.51 bits per heavy atom. The number of ether oxygens (including phenoxy) is 2. The third-order valence-electron chi connectivity index (χ3n) is 7.73. The average Bonchev–Trinajstić information content (AvgIpc) is 3.23. The molecule has 3 aromatic rings. The molecule has 1 aromatic heterocycles. The van der Waals surface area contributed by atoms with E-state index >= 15 is 0 Å². The maximum atomic E-state index is 12.3. The number of para-hydroxylation sites is 1. The molecule has 1 saturated heterocycles. The first kappa shape index (κ1) is 24.1. The molecule has 2 aromatic carbocycles. The molecular weight excluding hydrogens is 466 g/mol. The zero-order valence-corrected chi connectivity index (χ0v) is 21.3. The molecule has 5 rings (SSSR count). The molecule has 0 saturated carbocycles.